The van der Waals surface area contributed by atoms with Crippen molar-refractivity contribution in [3.05, 3.63) is 45.4 Å². The van der Waals surface area contributed by atoms with Crippen molar-refractivity contribution in [2.24, 2.45) is 50.7 Å². The number of benzene rings is 1. The number of carbonyl (C=O) groups is 2. The van der Waals surface area contributed by atoms with Crippen LogP contribution in [0.5, 0.6) is 0 Å². The number of ether oxygens (including phenoxy) is 1. The number of allylic oxidation sites excluding steroid dienone is 2. The Hall–Kier alpha value is -2.25. The van der Waals surface area contributed by atoms with E-state index in [2.05, 4.69) is 60.6 Å². The van der Waals surface area contributed by atoms with Crippen molar-refractivity contribution in [2.45, 2.75) is 144 Å². The van der Waals surface area contributed by atoms with Crippen LogP contribution in [0.25, 0.3) is 10.6 Å². The smallest absolute Gasteiger partial charge is 0.309 e. The summed E-state index contributed by atoms with van der Waals surface area (Å²) in [4.78, 5) is 24.9. The number of carbonyl (C=O) groups excluding carboxylic acids is 1. The fourth-order valence-corrected chi connectivity index (χ4v) is 14.2. The minimum Gasteiger partial charge on any atom is -0.481 e. The van der Waals surface area contributed by atoms with Crippen LogP contribution in [0.15, 0.2) is 35.4 Å². The molecule has 51 heavy (non-hydrogen) atoms. The topological polar surface area (TPSA) is 89.4 Å². The van der Waals surface area contributed by atoms with Crippen LogP contribution in [0.3, 0.4) is 0 Å². The van der Waals surface area contributed by atoms with Gasteiger partial charge in [0.25, 0.3) is 0 Å². The van der Waals surface area contributed by atoms with Gasteiger partial charge in [-0.25, -0.2) is 0 Å². The van der Waals surface area contributed by atoms with E-state index in [-0.39, 0.29) is 45.6 Å². The van der Waals surface area contributed by atoms with E-state index in [0.717, 1.165) is 54.1 Å². The molecule has 8 atom stereocenters. The first-order chi connectivity index (χ1) is 23.8. The number of fused-ring (bicyclic) bond motifs is 7. The number of esters is 1. The number of carboxylic acids is 1. The van der Waals surface area contributed by atoms with Gasteiger partial charge in [0.15, 0.2) is 0 Å². The fraction of sp³-hybridized carbons (Fsp3) is 0.721. The largest absolute Gasteiger partial charge is 0.481 e. The second kappa shape index (κ2) is 12.4. The quantitative estimate of drug-likeness (QED) is 0.225. The first-order valence-electron chi connectivity index (χ1n) is 19.6. The summed E-state index contributed by atoms with van der Waals surface area (Å²) in [6, 6.07) is 8.01. The first kappa shape index (κ1) is 37.1. The molecule has 278 valence electrons. The summed E-state index contributed by atoms with van der Waals surface area (Å²) in [5.41, 5.74) is 3.70. The standard InChI is InChI=1S/C43H59ClN2O4S/c1-25(2)28-16-21-43(36-46-45-35(51-36)26-10-12-27(44)13-11-26)23-22-41(8)29(34(28)43)14-15-31-40(7)19-18-32(50-33(47)24-38(3,4)37(48)49)39(5,6)30(40)17-20-42(31,41)9/h10-13,25,29-32H,14-24H2,1-9H3,(H,48,49)/t29-,30+,31-,32?,40+,41-,42-,43+/m1/s1. The van der Waals surface area contributed by atoms with Gasteiger partial charge in [-0.05, 0) is 130 Å². The van der Waals surface area contributed by atoms with Crippen molar-refractivity contribution in [3.8, 4) is 10.6 Å². The van der Waals surface area contributed by atoms with Gasteiger partial charge in [0.2, 0.25) is 0 Å². The summed E-state index contributed by atoms with van der Waals surface area (Å²) in [6.07, 6.45) is 11.0. The van der Waals surface area contributed by atoms with E-state index in [1.54, 1.807) is 36.3 Å². The van der Waals surface area contributed by atoms with E-state index in [0.29, 0.717) is 23.7 Å². The number of nitrogens with zero attached hydrogens (tertiary/aromatic N) is 2. The molecule has 4 fully saturated rings. The van der Waals surface area contributed by atoms with Gasteiger partial charge in [0, 0.05) is 21.4 Å². The fourth-order valence-electron chi connectivity index (χ4n) is 12.9. The van der Waals surface area contributed by atoms with Crippen LogP contribution in [-0.4, -0.2) is 33.3 Å². The maximum absolute atomic E-state index is 13.1. The summed E-state index contributed by atoms with van der Waals surface area (Å²) in [7, 11) is 0. The number of carboxylic acid groups (broad SMARTS) is 1. The lowest BCUT2D eigenvalue weighted by atomic mass is 9.33. The molecule has 1 aromatic carbocycles. The maximum Gasteiger partial charge on any atom is 0.309 e. The zero-order valence-electron chi connectivity index (χ0n) is 32.3. The molecule has 0 bridgehead atoms. The maximum atomic E-state index is 13.1. The molecule has 0 radical (unpaired) electrons. The predicted molar refractivity (Wildman–Crippen MR) is 205 cm³/mol. The third kappa shape index (κ3) is 5.50. The average molecular weight is 735 g/mol. The molecular weight excluding hydrogens is 676 g/mol. The van der Waals surface area contributed by atoms with E-state index < -0.39 is 11.4 Å². The lowest BCUT2D eigenvalue weighted by Crippen LogP contribution is -2.66. The SMILES string of the molecule is CC(C)C1=C2[C@H]3CC[C@@H]4[C@@]5(C)CCC(OC(=O)CC(C)(C)C(=O)O)C(C)(C)[C@@H]5CC[C@@]4(C)[C@]3(C)CC[C@@]2(c2nnc(-c3ccc(Cl)cc3)s2)CC1. The highest BCUT2D eigenvalue weighted by Gasteiger charge is 2.70. The Kier molecular flexibility index (Phi) is 9.01. The number of hydrogen-bond acceptors (Lipinski definition) is 6. The second-order valence-corrected chi connectivity index (χ2v) is 20.8. The van der Waals surface area contributed by atoms with Crippen molar-refractivity contribution in [2.75, 3.05) is 0 Å². The zero-order chi connectivity index (χ0) is 36.9. The number of halogens is 1. The minimum absolute atomic E-state index is 0.0183. The van der Waals surface area contributed by atoms with Gasteiger partial charge in [-0.15, -0.1) is 10.2 Å². The molecule has 0 aliphatic heterocycles. The van der Waals surface area contributed by atoms with E-state index in [9.17, 15) is 14.7 Å². The van der Waals surface area contributed by atoms with Crippen LogP contribution in [0.4, 0.5) is 0 Å². The Balaban J connectivity index is 1.18. The molecule has 8 heteroatoms. The van der Waals surface area contributed by atoms with Gasteiger partial charge in [0.1, 0.15) is 16.1 Å². The molecule has 4 saturated carbocycles. The summed E-state index contributed by atoms with van der Waals surface area (Å²) in [6.45, 7) is 20.6. The summed E-state index contributed by atoms with van der Waals surface area (Å²) in [5.74, 6) is 0.747. The molecule has 0 spiro atoms. The molecule has 6 nitrogen and oxygen atoms in total. The predicted octanol–water partition coefficient (Wildman–Crippen LogP) is 11.3. The summed E-state index contributed by atoms with van der Waals surface area (Å²) < 4.78 is 6.20. The first-order valence-corrected chi connectivity index (χ1v) is 20.8. The number of rotatable bonds is 7. The van der Waals surface area contributed by atoms with Gasteiger partial charge in [-0.2, -0.15) is 0 Å². The Labute approximate surface area is 314 Å². The summed E-state index contributed by atoms with van der Waals surface area (Å²) >= 11 is 8.02. The third-order valence-electron chi connectivity index (χ3n) is 16.0. The molecule has 1 heterocycles. The molecular formula is C43H59ClN2O4S. The molecule has 0 saturated heterocycles. The number of aromatic nitrogens is 2. The molecule has 1 aromatic heterocycles. The Bertz CT molecular complexity index is 1750. The highest BCUT2D eigenvalue weighted by molar-refractivity contribution is 7.14. The lowest BCUT2D eigenvalue weighted by Gasteiger charge is -2.72. The van der Waals surface area contributed by atoms with E-state index >= 15 is 0 Å². The molecule has 0 amide bonds. The van der Waals surface area contributed by atoms with Crippen LogP contribution >= 0.6 is 22.9 Å². The molecule has 1 N–H and O–H groups in total. The van der Waals surface area contributed by atoms with Crippen molar-refractivity contribution in [1.82, 2.24) is 10.2 Å². The zero-order valence-corrected chi connectivity index (χ0v) is 33.9. The second-order valence-electron chi connectivity index (χ2n) is 19.4. The van der Waals surface area contributed by atoms with E-state index in [1.807, 2.05) is 12.1 Å². The number of hydrogen-bond donors (Lipinski definition) is 1. The van der Waals surface area contributed by atoms with Gasteiger partial charge < -0.3 is 9.84 Å². The highest BCUT2D eigenvalue weighted by atomic mass is 35.5. The van der Waals surface area contributed by atoms with Crippen molar-refractivity contribution in [3.63, 3.8) is 0 Å². The lowest BCUT2D eigenvalue weighted by molar-refractivity contribution is -0.232. The molecule has 2 aromatic rings. The van der Waals surface area contributed by atoms with Crippen LogP contribution in [0, 0.1) is 50.7 Å². The van der Waals surface area contributed by atoms with Crippen LogP contribution < -0.4 is 0 Å². The van der Waals surface area contributed by atoms with E-state index in [1.165, 1.54) is 30.7 Å². The van der Waals surface area contributed by atoms with Crippen molar-refractivity contribution < 1.29 is 19.4 Å². The van der Waals surface area contributed by atoms with Crippen LogP contribution in [0.2, 0.25) is 5.02 Å². The van der Waals surface area contributed by atoms with Gasteiger partial charge in [-0.1, -0.05) is 94.7 Å². The molecule has 1 unspecified atom stereocenters. The third-order valence-corrected chi connectivity index (χ3v) is 17.4. The van der Waals surface area contributed by atoms with E-state index in [4.69, 9.17) is 26.5 Å². The van der Waals surface area contributed by atoms with Gasteiger partial charge >= 0.3 is 11.9 Å². The van der Waals surface area contributed by atoms with Crippen LogP contribution in [-0.2, 0) is 19.7 Å². The number of aliphatic carboxylic acids is 1. The Morgan fingerprint density at radius 1 is 0.922 bits per heavy atom. The van der Waals surface area contributed by atoms with Crippen molar-refractivity contribution in [1.29, 1.82) is 0 Å². The summed E-state index contributed by atoms with van der Waals surface area (Å²) in [5, 5.41) is 22.3. The Morgan fingerprint density at radius 2 is 1.63 bits per heavy atom. The molecule has 5 aliphatic rings. The van der Waals surface area contributed by atoms with Crippen molar-refractivity contribution >= 4 is 34.9 Å². The Morgan fingerprint density at radius 3 is 2.29 bits per heavy atom. The molecule has 5 aliphatic carbocycles. The highest BCUT2D eigenvalue weighted by Crippen LogP contribution is 2.77. The molecule has 7 rings (SSSR count). The average Bonchev–Trinajstić information content (AvgIpc) is 3.70. The van der Waals surface area contributed by atoms with Gasteiger partial charge in [0.05, 0.1) is 11.8 Å². The van der Waals surface area contributed by atoms with Gasteiger partial charge in [-0.3, -0.25) is 9.59 Å². The monoisotopic (exact) mass is 734 g/mol. The van der Waals surface area contributed by atoms with Crippen LogP contribution in [0.1, 0.15) is 138 Å². The normalized spacial score (nSPS) is 37.3. The minimum atomic E-state index is -1.14.